The number of imidazole rings is 2. The molecule has 0 radical (unpaired) electrons. The standard InChI is InChI=1S/C40H41FN10O2/c41-29-9-1-7-28(24-29)31-12-5-19-49(31)37-16-15-35-42-25-34(51(35)46-37)30-10-3-13-36(44-30)48-22-20-47(21-23-48)18-4-8-27-6-2-11-32-39(27)43-26-50(32)33-14-17-38(52)45-40(33)53/h1-3,6-7,9-11,13,15-16,24-26,31,33H,4-5,8,12,14,17-23H2,(H,45,52,53)/t31-,33?/m1/s1. The van der Waals surface area contributed by atoms with Crippen molar-refractivity contribution in [3.05, 3.63) is 102 Å². The second kappa shape index (κ2) is 14.0. The quantitative estimate of drug-likeness (QED) is 0.198. The number of carbonyl (C=O) groups excluding carboxylic acids is 2. The maximum atomic E-state index is 14.1. The van der Waals surface area contributed by atoms with Crippen molar-refractivity contribution in [1.82, 2.24) is 39.3 Å². The summed E-state index contributed by atoms with van der Waals surface area (Å²) in [6.07, 6.45) is 8.27. The number of aromatic nitrogens is 6. The van der Waals surface area contributed by atoms with Crippen LogP contribution < -0.4 is 15.1 Å². The molecular weight excluding hydrogens is 672 g/mol. The van der Waals surface area contributed by atoms with Gasteiger partial charge in [-0.3, -0.25) is 19.8 Å². The Labute approximate surface area is 306 Å². The molecule has 3 aliphatic heterocycles. The summed E-state index contributed by atoms with van der Waals surface area (Å²) in [5.41, 5.74) is 6.41. The highest BCUT2D eigenvalue weighted by molar-refractivity contribution is 6.00. The lowest BCUT2D eigenvalue weighted by atomic mass is 10.0. The highest BCUT2D eigenvalue weighted by atomic mass is 19.1. The van der Waals surface area contributed by atoms with Gasteiger partial charge in [-0.1, -0.05) is 30.3 Å². The number of hydrogen-bond donors (Lipinski definition) is 1. The molecule has 9 rings (SSSR count). The molecule has 6 aromatic rings. The van der Waals surface area contributed by atoms with E-state index in [1.807, 2.05) is 51.7 Å². The van der Waals surface area contributed by atoms with Gasteiger partial charge in [0.2, 0.25) is 11.8 Å². The van der Waals surface area contributed by atoms with E-state index in [0.29, 0.717) is 12.8 Å². The number of carbonyl (C=O) groups is 2. The predicted octanol–water partition coefficient (Wildman–Crippen LogP) is 5.35. The highest BCUT2D eigenvalue weighted by Crippen LogP contribution is 2.36. The van der Waals surface area contributed by atoms with E-state index in [2.05, 4.69) is 48.2 Å². The number of aryl methyl sites for hydroxylation is 1. The average molecular weight is 713 g/mol. The van der Waals surface area contributed by atoms with Gasteiger partial charge >= 0.3 is 0 Å². The molecule has 3 fully saturated rings. The second-order valence-electron chi connectivity index (χ2n) is 14.2. The van der Waals surface area contributed by atoms with Gasteiger partial charge in [0.15, 0.2) is 5.65 Å². The Morgan fingerprint density at radius 2 is 1.72 bits per heavy atom. The second-order valence-corrected chi connectivity index (χ2v) is 14.2. The summed E-state index contributed by atoms with van der Waals surface area (Å²) in [6, 6.07) is 22.8. The van der Waals surface area contributed by atoms with Gasteiger partial charge in [-0.05, 0) is 92.2 Å². The molecule has 4 aromatic heterocycles. The Hall–Kier alpha value is -5.69. The topological polar surface area (TPSA) is 117 Å². The molecule has 0 aliphatic carbocycles. The third-order valence-corrected chi connectivity index (χ3v) is 11.0. The van der Waals surface area contributed by atoms with Gasteiger partial charge in [0, 0.05) is 39.1 Å². The Kier molecular flexibility index (Phi) is 8.78. The fourth-order valence-corrected chi connectivity index (χ4v) is 8.24. The van der Waals surface area contributed by atoms with Crippen LogP contribution in [0.2, 0.25) is 0 Å². The maximum absolute atomic E-state index is 14.1. The van der Waals surface area contributed by atoms with Crippen molar-refractivity contribution in [3.8, 4) is 11.4 Å². The Bertz CT molecular complexity index is 2310. The third-order valence-electron chi connectivity index (χ3n) is 11.0. The van der Waals surface area contributed by atoms with E-state index in [4.69, 9.17) is 10.1 Å². The smallest absolute Gasteiger partial charge is 0.249 e. The lowest BCUT2D eigenvalue weighted by Crippen LogP contribution is -2.47. The van der Waals surface area contributed by atoms with Crippen molar-refractivity contribution in [1.29, 1.82) is 0 Å². The minimum Gasteiger partial charge on any atom is -0.354 e. The number of amides is 2. The molecule has 13 heteroatoms. The van der Waals surface area contributed by atoms with Crippen LogP contribution in [0, 0.1) is 5.82 Å². The monoisotopic (exact) mass is 712 g/mol. The summed E-state index contributed by atoms with van der Waals surface area (Å²) < 4.78 is 17.9. The molecular formula is C40H41FN10O2. The van der Waals surface area contributed by atoms with Gasteiger partial charge in [0.1, 0.15) is 29.2 Å². The van der Waals surface area contributed by atoms with E-state index in [1.165, 1.54) is 11.6 Å². The lowest BCUT2D eigenvalue weighted by molar-refractivity contribution is -0.135. The minimum atomic E-state index is -0.411. The van der Waals surface area contributed by atoms with E-state index in [0.717, 1.165) is 110 Å². The number of piperazine rings is 1. The van der Waals surface area contributed by atoms with Crippen LogP contribution in [0.1, 0.15) is 55.3 Å². The Morgan fingerprint density at radius 1 is 0.849 bits per heavy atom. The van der Waals surface area contributed by atoms with Gasteiger partial charge in [0.25, 0.3) is 0 Å². The molecule has 12 nitrogen and oxygen atoms in total. The zero-order valence-electron chi connectivity index (χ0n) is 29.4. The SMILES string of the molecule is O=C1CCC(n2cnc3c(CCCN4CCN(c5cccc(-c6cnc7ccc(N8CCC[C@@H]8c8cccc(F)c8)nn67)n5)CC4)cccc32)C(=O)N1. The number of anilines is 2. The van der Waals surface area contributed by atoms with E-state index in [-0.39, 0.29) is 23.7 Å². The van der Waals surface area contributed by atoms with E-state index in [1.54, 1.807) is 18.5 Å². The van der Waals surface area contributed by atoms with Gasteiger partial charge in [-0.2, -0.15) is 0 Å². The first kappa shape index (κ1) is 33.2. The number of benzene rings is 2. The number of nitrogens with zero attached hydrogens (tertiary/aromatic N) is 9. The first-order valence-corrected chi connectivity index (χ1v) is 18.6. The molecule has 53 heavy (non-hydrogen) atoms. The third kappa shape index (κ3) is 6.50. The van der Waals surface area contributed by atoms with Crippen LogP contribution in [-0.4, -0.2) is 85.1 Å². The van der Waals surface area contributed by atoms with E-state index >= 15 is 0 Å². The van der Waals surface area contributed by atoms with Crippen molar-refractivity contribution in [2.24, 2.45) is 0 Å². The zero-order valence-corrected chi connectivity index (χ0v) is 29.4. The number of hydrogen-bond acceptors (Lipinski definition) is 9. The van der Waals surface area contributed by atoms with Crippen LogP contribution in [0.4, 0.5) is 16.0 Å². The molecule has 1 unspecified atom stereocenters. The minimum absolute atomic E-state index is 0.0776. The molecule has 3 aliphatic rings. The molecule has 7 heterocycles. The predicted molar refractivity (Wildman–Crippen MR) is 200 cm³/mol. The molecule has 0 bridgehead atoms. The van der Waals surface area contributed by atoms with Gasteiger partial charge < -0.3 is 14.4 Å². The summed E-state index contributed by atoms with van der Waals surface area (Å²) in [7, 11) is 0. The number of nitrogens with one attached hydrogen (secondary N) is 1. The average Bonchev–Trinajstić information content (AvgIpc) is 3.94. The summed E-state index contributed by atoms with van der Waals surface area (Å²) in [5, 5.41) is 7.49. The normalized spacial score (nSPS) is 19.8. The molecule has 0 spiro atoms. The lowest BCUT2D eigenvalue weighted by Gasteiger charge is -2.35. The number of fused-ring (bicyclic) bond motifs is 2. The molecule has 270 valence electrons. The number of pyridine rings is 1. The fourth-order valence-electron chi connectivity index (χ4n) is 8.24. The van der Waals surface area contributed by atoms with Gasteiger partial charge in [-0.25, -0.2) is 23.9 Å². The number of rotatable bonds is 9. The zero-order chi connectivity index (χ0) is 35.9. The van der Waals surface area contributed by atoms with Crippen LogP contribution in [-0.2, 0) is 16.0 Å². The Morgan fingerprint density at radius 3 is 2.58 bits per heavy atom. The summed E-state index contributed by atoms with van der Waals surface area (Å²) >= 11 is 0. The van der Waals surface area contributed by atoms with Crippen molar-refractivity contribution in [2.75, 3.05) is 49.1 Å². The van der Waals surface area contributed by atoms with E-state index < -0.39 is 6.04 Å². The number of imide groups is 1. The first-order chi connectivity index (χ1) is 26.0. The molecule has 2 amide bonds. The van der Waals surface area contributed by atoms with Crippen molar-refractivity contribution < 1.29 is 14.0 Å². The Balaban J connectivity index is 0.836. The fraction of sp³-hybridized carbons (Fsp3) is 0.350. The summed E-state index contributed by atoms with van der Waals surface area (Å²) in [5.74, 6) is 1.09. The summed E-state index contributed by atoms with van der Waals surface area (Å²) in [6.45, 7) is 5.50. The van der Waals surface area contributed by atoms with Crippen molar-refractivity contribution in [2.45, 2.75) is 50.6 Å². The summed E-state index contributed by atoms with van der Waals surface area (Å²) in [4.78, 5) is 45.7. The number of halogens is 1. The largest absolute Gasteiger partial charge is 0.354 e. The van der Waals surface area contributed by atoms with Crippen LogP contribution in [0.5, 0.6) is 0 Å². The molecule has 0 saturated carbocycles. The van der Waals surface area contributed by atoms with Crippen LogP contribution in [0.25, 0.3) is 28.1 Å². The van der Waals surface area contributed by atoms with Crippen LogP contribution >= 0.6 is 0 Å². The van der Waals surface area contributed by atoms with E-state index in [9.17, 15) is 14.0 Å². The first-order valence-electron chi connectivity index (χ1n) is 18.6. The highest BCUT2D eigenvalue weighted by Gasteiger charge is 2.30. The number of piperidine rings is 1. The van der Waals surface area contributed by atoms with Gasteiger partial charge in [0.05, 0.1) is 35.3 Å². The van der Waals surface area contributed by atoms with Crippen molar-refractivity contribution in [3.63, 3.8) is 0 Å². The number of para-hydroxylation sites is 1. The van der Waals surface area contributed by atoms with Crippen LogP contribution in [0.15, 0.2) is 85.3 Å². The molecule has 2 atom stereocenters. The maximum Gasteiger partial charge on any atom is 0.249 e. The molecule has 3 saturated heterocycles. The van der Waals surface area contributed by atoms with Gasteiger partial charge in [-0.15, -0.1) is 5.10 Å². The van der Waals surface area contributed by atoms with Crippen molar-refractivity contribution >= 4 is 40.1 Å². The molecule has 1 N–H and O–H groups in total. The molecule has 2 aromatic carbocycles. The van der Waals surface area contributed by atoms with Crippen LogP contribution in [0.3, 0.4) is 0 Å².